The zero-order chi connectivity index (χ0) is 12.4. The lowest BCUT2D eigenvalue weighted by Crippen LogP contribution is -2.25. The van der Waals surface area contributed by atoms with E-state index in [0.717, 1.165) is 42.2 Å². The predicted molar refractivity (Wildman–Crippen MR) is 69.4 cm³/mol. The Bertz CT molecular complexity index is 537. The smallest absolute Gasteiger partial charge is 0.221 e. The number of benzene rings is 1. The average Bonchev–Trinajstić information content (AvgIpc) is 2.47. The molecule has 2 heterocycles. The van der Waals surface area contributed by atoms with Crippen LogP contribution in [0.5, 0.6) is 5.88 Å². The minimum Gasteiger partial charge on any atom is -0.481 e. The summed E-state index contributed by atoms with van der Waals surface area (Å²) >= 11 is 0. The lowest BCUT2D eigenvalue weighted by atomic mass is 10.1. The second-order valence-corrected chi connectivity index (χ2v) is 4.27. The van der Waals surface area contributed by atoms with Crippen LogP contribution in [-0.2, 0) is 13.0 Å². The summed E-state index contributed by atoms with van der Waals surface area (Å²) in [7, 11) is 1.66. The molecule has 1 N–H and O–H groups in total. The van der Waals surface area contributed by atoms with Crippen molar-refractivity contribution in [1.82, 2.24) is 15.3 Å². The lowest BCUT2D eigenvalue weighted by molar-refractivity contribution is 0.386. The van der Waals surface area contributed by atoms with E-state index >= 15 is 0 Å². The summed E-state index contributed by atoms with van der Waals surface area (Å²) in [4.78, 5) is 9.16. The molecule has 1 aromatic carbocycles. The number of nitrogens with zero attached hydrogens (tertiary/aromatic N) is 2. The summed E-state index contributed by atoms with van der Waals surface area (Å²) in [5.74, 6) is 1.43. The van der Waals surface area contributed by atoms with Crippen molar-refractivity contribution in [3.8, 4) is 17.3 Å². The molecule has 0 atom stereocenters. The van der Waals surface area contributed by atoms with Crippen molar-refractivity contribution in [1.29, 1.82) is 0 Å². The van der Waals surface area contributed by atoms with Gasteiger partial charge in [0, 0.05) is 30.6 Å². The Morgan fingerprint density at radius 3 is 2.78 bits per heavy atom. The first kappa shape index (κ1) is 11.2. The van der Waals surface area contributed by atoms with Gasteiger partial charge in [0.25, 0.3) is 0 Å². The molecule has 1 aromatic heterocycles. The first-order valence-electron chi connectivity index (χ1n) is 6.08. The van der Waals surface area contributed by atoms with Gasteiger partial charge in [0.15, 0.2) is 5.82 Å². The van der Waals surface area contributed by atoms with Gasteiger partial charge < -0.3 is 10.1 Å². The Labute approximate surface area is 106 Å². The molecule has 0 amide bonds. The summed E-state index contributed by atoms with van der Waals surface area (Å²) < 4.78 is 5.38. The molecule has 92 valence electrons. The highest BCUT2D eigenvalue weighted by Gasteiger charge is 2.18. The van der Waals surface area contributed by atoms with Crippen LogP contribution in [0.1, 0.15) is 11.3 Å². The van der Waals surface area contributed by atoms with Crippen LogP contribution in [0.15, 0.2) is 30.3 Å². The third kappa shape index (κ3) is 1.95. The van der Waals surface area contributed by atoms with Crippen LogP contribution in [0.2, 0.25) is 0 Å². The second kappa shape index (κ2) is 4.74. The predicted octanol–water partition coefficient (Wildman–Crippen LogP) is 1.80. The van der Waals surface area contributed by atoms with Crippen LogP contribution < -0.4 is 10.1 Å². The number of methoxy groups -OCH3 is 1. The summed E-state index contributed by atoms with van der Waals surface area (Å²) in [5, 5.41) is 3.31. The number of ether oxygens (including phenoxy) is 1. The molecule has 0 spiro atoms. The van der Waals surface area contributed by atoms with Crippen LogP contribution in [0.4, 0.5) is 0 Å². The maximum absolute atomic E-state index is 5.38. The molecule has 0 unspecified atom stereocenters. The summed E-state index contributed by atoms with van der Waals surface area (Å²) in [5.41, 5.74) is 3.21. The average molecular weight is 241 g/mol. The Morgan fingerprint density at radius 2 is 2.00 bits per heavy atom. The van der Waals surface area contributed by atoms with E-state index in [4.69, 9.17) is 4.74 Å². The number of hydrogen-bond acceptors (Lipinski definition) is 4. The molecule has 0 radical (unpaired) electrons. The van der Waals surface area contributed by atoms with Crippen LogP contribution in [-0.4, -0.2) is 23.6 Å². The Balaban J connectivity index is 2.12. The van der Waals surface area contributed by atoms with E-state index in [1.165, 1.54) is 0 Å². The number of nitrogens with one attached hydrogen (secondary N) is 1. The van der Waals surface area contributed by atoms with Crippen molar-refractivity contribution in [2.45, 2.75) is 13.0 Å². The second-order valence-electron chi connectivity index (χ2n) is 4.27. The molecule has 4 nitrogen and oxygen atoms in total. The maximum Gasteiger partial charge on any atom is 0.221 e. The highest BCUT2D eigenvalue weighted by molar-refractivity contribution is 5.56. The minimum absolute atomic E-state index is 0.686. The summed E-state index contributed by atoms with van der Waals surface area (Å²) in [6, 6.07) is 10.0. The van der Waals surface area contributed by atoms with Gasteiger partial charge in [-0.15, -0.1) is 0 Å². The molecular formula is C14H15N3O. The molecule has 4 heteroatoms. The van der Waals surface area contributed by atoms with E-state index in [0.29, 0.717) is 5.88 Å². The zero-order valence-electron chi connectivity index (χ0n) is 10.3. The molecule has 1 aliphatic rings. The fourth-order valence-electron chi connectivity index (χ4n) is 2.20. The first-order valence-corrected chi connectivity index (χ1v) is 6.08. The van der Waals surface area contributed by atoms with Gasteiger partial charge in [-0.1, -0.05) is 30.3 Å². The molecule has 0 aliphatic carbocycles. The van der Waals surface area contributed by atoms with E-state index in [9.17, 15) is 0 Å². The molecule has 0 saturated heterocycles. The molecule has 1 aliphatic heterocycles. The first-order chi connectivity index (χ1) is 8.88. The van der Waals surface area contributed by atoms with Crippen LogP contribution in [0.3, 0.4) is 0 Å². The number of aromatic nitrogens is 2. The quantitative estimate of drug-likeness (QED) is 0.871. The van der Waals surface area contributed by atoms with Crippen LogP contribution in [0, 0.1) is 0 Å². The van der Waals surface area contributed by atoms with Gasteiger partial charge in [0.2, 0.25) is 5.88 Å². The van der Waals surface area contributed by atoms with Crippen molar-refractivity contribution in [3.05, 3.63) is 41.6 Å². The lowest BCUT2D eigenvalue weighted by Gasteiger charge is -2.19. The van der Waals surface area contributed by atoms with Crippen LogP contribution >= 0.6 is 0 Å². The monoisotopic (exact) mass is 241 g/mol. The molecule has 3 rings (SSSR count). The minimum atomic E-state index is 0.686. The van der Waals surface area contributed by atoms with E-state index < -0.39 is 0 Å². The van der Waals surface area contributed by atoms with Gasteiger partial charge in [-0.2, -0.15) is 4.98 Å². The highest BCUT2D eigenvalue weighted by Crippen LogP contribution is 2.25. The van der Waals surface area contributed by atoms with Gasteiger partial charge in [0.05, 0.1) is 12.8 Å². The molecular weight excluding hydrogens is 226 g/mol. The fourth-order valence-corrected chi connectivity index (χ4v) is 2.20. The van der Waals surface area contributed by atoms with Crippen molar-refractivity contribution in [3.63, 3.8) is 0 Å². The normalized spacial score (nSPS) is 14.1. The number of rotatable bonds is 2. The summed E-state index contributed by atoms with van der Waals surface area (Å²) in [6.45, 7) is 1.75. The van der Waals surface area contributed by atoms with Crippen LogP contribution in [0.25, 0.3) is 11.4 Å². The number of fused-ring (bicyclic) bond motifs is 1. The SMILES string of the molecule is COc1nc(-c2ccccc2)nc2c1CNCC2. The van der Waals surface area contributed by atoms with E-state index in [2.05, 4.69) is 15.3 Å². The Kier molecular flexibility index (Phi) is 2.94. The number of hydrogen-bond donors (Lipinski definition) is 1. The molecule has 0 fully saturated rings. The largest absolute Gasteiger partial charge is 0.481 e. The van der Waals surface area contributed by atoms with E-state index in [1.807, 2.05) is 30.3 Å². The van der Waals surface area contributed by atoms with Crippen molar-refractivity contribution < 1.29 is 4.74 Å². The maximum atomic E-state index is 5.38. The van der Waals surface area contributed by atoms with Crippen molar-refractivity contribution in [2.24, 2.45) is 0 Å². The van der Waals surface area contributed by atoms with E-state index in [-0.39, 0.29) is 0 Å². The molecule has 0 bridgehead atoms. The Hall–Kier alpha value is -1.94. The van der Waals surface area contributed by atoms with Gasteiger partial charge in [-0.3, -0.25) is 0 Å². The topological polar surface area (TPSA) is 47.0 Å². The zero-order valence-corrected chi connectivity index (χ0v) is 10.3. The van der Waals surface area contributed by atoms with Gasteiger partial charge in [0.1, 0.15) is 0 Å². The van der Waals surface area contributed by atoms with Gasteiger partial charge >= 0.3 is 0 Å². The van der Waals surface area contributed by atoms with E-state index in [1.54, 1.807) is 7.11 Å². The molecule has 18 heavy (non-hydrogen) atoms. The molecule has 2 aromatic rings. The van der Waals surface area contributed by atoms with Gasteiger partial charge in [-0.25, -0.2) is 4.98 Å². The highest BCUT2D eigenvalue weighted by atomic mass is 16.5. The standard InChI is InChI=1S/C14H15N3O/c1-18-14-11-9-15-8-7-12(11)16-13(17-14)10-5-3-2-4-6-10/h2-6,15H,7-9H2,1H3. The third-order valence-electron chi connectivity index (χ3n) is 3.12. The van der Waals surface area contributed by atoms with Gasteiger partial charge in [-0.05, 0) is 0 Å². The van der Waals surface area contributed by atoms with Crippen molar-refractivity contribution >= 4 is 0 Å². The summed E-state index contributed by atoms with van der Waals surface area (Å²) in [6.07, 6.45) is 0.925. The fraction of sp³-hybridized carbons (Fsp3) is 0.286. The third-order valence-corrected chi connectivity index (χ3v) is 3.12. The van der Waals surface area contributed by atoms with Crippen molar-refractivity contribution in [2.75, 3.05) is 13.7 Å². The molecule has 0 saturated carbocycles. The Morgan fingerprint density at radius 1 is 1.17 bits per heavy atom.